The van der Waals surface area contributed by atoms with Gasteiger partial charge in [0.05, 0.1) is 6.54 Å². The first-order valence-corrected chi connectivity index (χ1v) is 5.91. The minimum atomic E-state index is -0.686. The lowest BCUT2D eigenvalue weighted by Gasteiger charge is -2.06. The molecule has 2 N–H and O–H groups in total. The van der Waals surface area contributed by atoms with Crippen LogP contribution in [0.5, 0.6) is 0 Å². The molecule has 6 heteroatoms. The summed E-state index contributed by atoms with van der Waals surface area (Å²) in [5.41, 5.74) is 2.57. The number of rotatable bonds is 4. The Morgan fingerprint density at radius 3 is 2.80 bits per heavy atom. The standard InChI is InChI=1S/C14H13N3O3/c18-13(16-20)4-3-12-2-1-9-17(14(12)19)10-11-5-7-15-8-6-11/h1-9,20H,10H2,(H,16,18)/b4-3+. The molecule has 1 amide bonds. The molecule has 2 heterocycles. The highest BCUT2D eigenvalue weighted by Crippen LogP contribution is 2.01. The van der Waals surface area contributed by atoms with E-state index in [2.05, 4.69) is 4.98 Å². The maximum atomic E-state index is 12.2. The van der Waals surface area contributed by atoms with Crippen LogP contribution in [0.3, 0.4) is 0 Å². The van der Waals surface area contributed by atoms with E-state index >= 15 is 0 Å². The van der Waals surface area contributed by atoms with Crippen molar-refractivity contribution in [3.05, 3.63) is 70.4 Å². The molecule has 0 unspecified atom stereocenters. The summed E-state index contributed by atoms with van der Waals surface area (Å²) in [4.78, 5) is 27.0. The van der Waals surface area contributed by atoms with Crippen molar-refractivity contribution in [1.29, 1.82) is 0 Å². The van der Waals surface area contributed by atoms with Gasteiger partial charge in [0.15, 0.2) is 0 Å². The number of pyridine rings is 2. The van der Waals surface area contributed by atoms with Crippen LogP contribution in [0.1, 0.15) is 11.1 Å². The van der Waals surface area contributed by atoms with E-state index in [1.165, 1.54) is 16.1 Å². The third kappa shape index (κ3) is 3.39. The van der Waals surface area contributed by atoms with Crippen LogP contribution in [0.4, 0.5) is 0 Å². The molecule has 0 aliphatic heterocycles. The number of amides is 1. The topological polar surface area (TPSA) is 84.2 Å². The van der Waals surface area contributed by atoms with Crippen molar-refractivity contribution in [2.24, 2.45) is 0 Å². The molecular weight excluding hydrogens is 258 g/mol. The first kappa shape index (κ1) is 13.7. The van der Waals surface area contributed by atoms with Crippen LogP contribution in [-0.2, 0) is 11.3 Å². The van der Waals surface area contributed by atoms with Gasteiger partial charge in [0.25, 0.3) is 11.5 Å². The summed E-state index contributed by atoms with van der Waals surface area (Å²) in [5, 5.41) is 8.39. The van der Waals surface area contributed by atoms with E-state index in [9.17, 15) is 9.59 Å². The molecule has 2 aromatic rings. The lowest BCUT2D eigenvalue weighted by molar-refractivity contribution is -0.124. The number of hydroxylamine groups is 1. The second-order valence-electron chi connectivity index (χ2n) is 4.06. The molecule has 102 valence electrons. The zero-order valence-corrected chi connectivity index (χ0v) is 10.6. The van der Waals surface area contributed by atoms with Crippen molar-refractivity contribution in [1.82, 2.24) is 15.0 Å². The molecule has 0 aliphatic carbocycles. The lowest BCUT2D eigenvalue weighted by atomic mass is 10.2. The van der Waals surface area contributed by atoms with Crippen molar-refractivity contribution >= 4 is 12.0 Å². The van der Waals surface area contributed by atoms with E-state index in [-0.39, 0.29) is 5.56 Å². The summed E-state index contributed by atoms with van der Waals surface area (Å²) in [6, 6.07) is 6.98. The smallest absolute Gasteiger partial charge is 0.267 e. The van der Waals surface area contributed by atoms with E-state index in [1.807, 2.05) is 12.1 Å². The van der Waals surface area contributed by atoms with Crippen LogP contribution >= 0.6 is 0 Å². The van der Waals surface area contributed by atoms with Crippen molar-refractivity contribution in [3.8, 4) is 0 Å². The molecule has 20 heavy (non-hydrogen) atoms. The number of hydrogen-bond donors (Lipinski definition) is 2. The summed E-state index contributed by atoms with van der Waals surface area (Å²) in [5.74, 6) is -0.686. The zero-order chi connectivity index (χ0) is 14.4. The zero-order valence-electron chi connectivity index (χ0n) is 10.6. The number of carbonyl (C=O) groups excluding carboxylic acids is 1. The van der Waals surface area contributed by atoms with Gasteiger partial charge in [-0.15, -0.1) is 0 Å². The van der Waals surface area contributed by atoms with Gasteiger partial charge in [-0.3, -0.25) is 19.8 Å². The average molecular weight is 271 g/mol. The molecule has 0 radical (unpaired) electrons. The Morgan fingerprint density at radius 2 is 2.10 bits per heavy atom. The summed E-state index contributed by atoms with van der Waals surface area (Å²) in [6.07, 6.45) is 7.45. The van der Waals surface area contributed by atoms with Crippen LogP contribution in [-0.4, -0.2) is 20.7 Å². The molecule has 2 rings (SSSR count). The molecule has 6 nitrogen and oxygen atoms in total. The number of carbonyl (C=O) groups is 1. The molecule has 0 atom stereocenters. The van der Waals surface area contributed by atoms with Gasteiger partial charge >= 0.3 is 0 Å². The Balaban J connectivity index is 2.26. The summed E-state index contributed by atoms with van der Waals surface area (Å²) in [6.45, 7) is 0.426. The fourth-order valence-corrected chi connectivity index (χ4v) is 1.69. The van der Waals surface area contributed by atoms with Gasteiger partial charge in [0.1, 0.15) is 0 Å². The molecule has 2 aromatic heterocycles. The van der Waals surface area contributed by atoms with Crippen molar-refractivity contribution in [2.75, 3.05) is 0 Å². The maximum Gasteiger partial charge on any atom is 0.267 e. The molecular formula is C14H13N3O3. The normalized spacial score (nSPS) is 10.7. The van der Waals surface area contributed by atoms with E-state index in [1.54, 1.807) is 30.7 Å². The SMILES string of the molecule is O=C(/C=C/c1cccn(Cc2ccncc2)c1=O)NO. The molecule has 0 aromatic carbocycles. The second-order valence-corrected chi connectivity index (χ2v) is 4.06. The molecule has 0 saturated carbocycles. The predicted molar refractivity (Wildman–Crippen MR) is 73.0 cm³/mol. The summed E-state index contributed by atoms with van der Waals surface area (Å²) in [7, 11) is 0. The minimum Gasteiger partial charge on any atom is -0.311 e. The fourth-order valence-electron chi connectivity index (χ4n) is 1.69. The Morgan fingerprint density at radius 1 is 1.35 bits per heavy atom. The average Bonchev–Trinajstić information content (AvgIpc) is 2.49. The van der Waals surface area contributed by atoms with Crippen LogP contribution in [0.25, 0.3) is 6.08 Å². The molecule has 0 saturated heterocycles. The second kappa shape index (κ2) is 6.44. The van der Waals surface area contributed by atoms with Crippen molar-refractivity contribution in [2.45, 2.75) is 6.54 Å². The van der Waals surface area contributed by atoms with Gasteiger partial charge in [0, 0.05) is 30.2 Å². The van der Waals surface area contributed by atoms with E-state index in [0.29, 0.717) is 12.1 Å². The minimum absolute atomic E-state index is 0.216. The highest BCUT2D eigenvalue weighted by Gasteiger charge is 2.02. The highest BCUT2D eigenvalue weighted by molar-refractivity contribution is 5.90. The van der Waals surface area contributed by atoms with E-state index in [0.717, 1.165) is 11.6 Å². The van der Waals surface area contributed by atoms with Gasteiger partial charge in [-0.1, -0.05) is 0 Å². The number of nitrogens with zero attached hydrogens (tertiary/aromatic N) is 2. The number of nitrogens with one attached hydrogen (secondary N) is 1. The highest BCUT2D eigenvalue weighted by atomic mass is 16.5. The van der Waals surface area contributed by atoms with Gasteiger partial charge in [-0.05, 0) is 35.9 Å². The predicted octanol–water partition coefficient (Wildman–Crippen LogP) is 0.810. The Bertz CT molecular complexity index is 678. The Hall–Kier alpha value is -2.73. The van der Waals surface area contributed by atoms with Gasteiger partial charge in [-0.2, -0.15) is 0 Å². The number of aromatic nitrogens is 2. The Kier molecular flexibility index (Phi) is 4.41. The van der Waals surface area contributed by atoms with E-state index in [4.69, 9.17) is 5.21 Å². The van der Waals surface area contributed by atoms with Crippen LogP contribution in [0.2, 0.25) is 0 Å². The maximum absolute atomic E-state index is 12.2. The van der Waals surface area contributed by atoms with Crippen molar-refractivity contribution in [3.63, 3.8) is 0 Å². The Labute approximate surface area is 115 Å². The fraction of sp³-hybridized carbons (Fsp3) is 0.0714. The third-order valence-corrected chi connectivity index (χ3v) is 2.68. The molecule has 0 aliphatic rings. The molecule has 0 fully saturated rings. The van der Waals surface area contributed by atoms with Gasteiger partial charge < -0.3 is 4.57 Å². The molecule has 0 spiro atoms. The summed E-state index contributed by atoms with van der Waals surface area (Å²) < 4.78 is 1.53. The van der Waals surface area contributed by atoms with E-state index < -0.39 is 5.91 Å². The first-order valence-electron chi connectivity index (χ1n) is 5.91. The first-order chi connectivity index (χ1) is 9.70. The van der Waals surface area contributed by atoms with Crippen LogP contribution < -0.4 is 11.0 Å². The molecule has 0 bridgehead atoms. The largest absolute Gasteiger partial charge is 0.311 e. The summed E-state index contributed by atoms with van der Waals surface area (Å²) >= 11 is 0. The van der Waals surface area contributed by atoms with Gasteiger partial charge in [-0.25, -0.2) is 5.48 Å². The van der Waals surface area contributed by atoms with Crippen molar-refractivity contribution < 1.29 is 10.0 Å². The third-order valence-electron chi connectivity index (χ3n) is 2.68. The quantitative estimate of drug-likeness (QED) is 0.489. The monoisotopic (exact) mass is 271 g/mol. The van der Waals surface area contributed by atoms with Gasteiger partial charge in [0.2, 0.25) is 0 Å². The van der Waals surface area contributed by atoms with Crippen LogP contribution in [0.15, 0.2) is 53.7 Å². The number of hydrogen-bond acceptors (Lipinski definition) is 4. The van der Waals surface area contributed by atoms with Crippen LogP contribution in [0, 0.1) is 0 Å². The lowest BCUT2D eigenvalue weighted by Crippen LogP contribution is -2.22.